The third-order valence-corrected chi connectivity index (χ3v) is 6.80. The van der Waals surface area contributed by atoms with Crippen LogP contribution in [0.25, 0.3) is 0 Å². The normalized spacial score (nSPS) is 36.7. The van der Waals surface area contributed by atoms with E-state index in [1.807, 2.05) is 0 Å². The van der Waals surface area contributed by atoms with Crippen LogP contribution in [0.1, 0.15) is 46.0 Å². The van der Waals surface area contributed by atoms with Gasteiger partial charge in [0.05, 0.1) is 17.1 Å². The molecule has 3 atom stereocenters. The van der Waals surface area contributed by atoms with Crippen LogP contribution in [-0.4, -0.2) is 38.2 Å². The second-order valence-corrected chi connectivity index (χ2v) is 8.67. The lowest BCUT2D eigenvalue weighted by Crippen LogP contribution is -2.53. The summed E-state index contributed by atoms with van der Waals surface area (Å²) in [5, 5.41) is -0.384. The third-order valence-electron chi connectivity index (χ3n) is 4.52. The predicted octanol–water partition coefficient (Wildman–Crippen LogP) is 1.49. The second kappa shape index (κ2) is 5.10. The highest BCUT2D eigenvalue weighted by Crippen LogP contribution is 2.37. The SMILES string of the molecule is CC1(C)CCCC(S(=O)(=O)CC2CCCO2)C1N. The topological polar surface area (TPSA) is 69.4 Å². The fraction of sp³-hybridized carbons (Fsp3) is 1.00. The summed E-state index contributed by atoms with van der Waals surface area (Å²) < 4.78 is 30.4. The molecule has 1 aliphatic heterocycles. The molecule has 1 aliphatic carbocycles. The zero-order chi connectivity index (χ0) is 13.4. The fourth-order valence-electron chi connectivity index (χ4n) is 3.17. The largest absolute Gasteiger partial charge is 0.377 e. The zero-order valence-electron chi connectivity index (χ0n) is 11.4. The van der Waals surface area contributed by atoms with Gasteiger partial charge in [-0.3, -0.25) is 0 Å². The van der Waals surface area contributed by atoms with Crippen molar-refractivity contribution in [2.24, 2.45) is 11.1 Å². The van der Waals surface area contributed by atoms with E-state index < -0.39 is 9.84 Å². The van der Waals surface area contributed by atoms with Crippen LogP contribution in [0.5, 0.6) is 0 Å². The van der Waals surface area contributed by atoms with Gasteiger partial charge in [-0.05, 0) is 31.1 Å². The Morgan fingerprint density at radius 3 is 2.61 bits per heavy atom. The molecular weight excluding hydrogens is 250 g/mol. The molecule has 0 bridgehead atoms. The summed E-state index contributed by atoms with van der Waals surface area (Å²) in [5.41, 5.74) is 6.12. The standard InChI is InChI=1S/C13H25NO3S/c1-13(2)7-3-6-11(12(13)14)18(15,16)9-10-5-4-8-17-10/h10-12H,3-9,14H2,1-2H3. The molecule has 3 unspecified atom stereocenters. The van der Waals surface area contributed by atoms with Crippen LogP contribution in [0.4, 0.5) is 0 Å². The smallest absolute Gasteiger partial charge is 0.157 e. The maximum absolute atomic E-state index is 12.5. The van der Waals surface area contributed by atoms with Crippen molar-refractivity contribution in [1.29, 1.82) is 0 Å². The van der Waals surface area contributed by atoms with Crippen molar-refractivity contribution in [1.82, 2.24) is 0 Å². The van der Waals surface area contributed by atoms with Crippen LogP contribution in [0.2, 0.25) is 0 Å². The van der Waals surface area contributed by atoms with Crippen LogP contribution in [0, 0.1) is 5.41 Å². The number of rotatable bonds is 3. The van der Waals surface area contributed by atoms with Gasteiger partial charge >= 0.3 is 0 Å². The van der Waals surface area contributed by atoms with Crippen LogP contribution in [0.15, 0.2) is 0 Å². The van der Waals surface area contributed by atoms with Crippen molar-refractivity contribution < 1.29 is 13.2 Å². The van der Waals surface area contributed by atoms with E-state index in [-0.39, 0.29) is 28.6 Å². The summed E-state index contributed by atoms with van der Waals surface area (Å²) in [4.78, 5) is 0. The number of sulfone groups is 1. The van der Waals surface area contributed by atoms with Crippen molar-refractivity contribution in [3.63, 3.8) is 0 Å². The Hall–Kier alpha value is -0.130. The lowest BCUT2D eigenvalue weighted by molar-refractivity contribution is 0.126. The van der Waals surface area contributed by atoms with E-state index in [1.54, 1.807) is 0 Å². The average molecular weight is 275 g/mol. The van der Waals surface area contributed by atoms with Gasteiger partial charge in [0.25, 0.3) is 0 Å². The number of ether oxygens (including phenoxy) is 1. The predicted molar refractivity (Wildman–Crippen MR) is 72.2 cm³/mol. The molecular formula is C13H25NO3S. The van der Waals surface area contributed by atoms with Gasteiger partial charge in [0, 0.05) is 12.6 Å². The maximum atomic E-state index is 12.5. The highest BCUT2D eigenvalue weighted by molar-refractivity contribution is 7.92. The van der Waals surface area contributed by atoms with Gasteiger partial charge in [0.15, 0.2) is 9.84 Å². The first-order chi connectivity index (χ1) is 8.33. The molecule has 1 heterocycles. The summed E-state index contributed by atoms with van der Waals surface area (Å²) in [6.07, 6.45) is 4.41. The highest BCUT2D eigenvalue weighted by atomic mass is 32.2. The molecule has 2 N–H and O–H groups in total. The first-order valence-corrected chi connectivity index (χ1v) is 8.63. The van der Waals surface area contributed by atoms with Crippen LogP contribution >= 0.6 is 0 Å². The Morgan fingerprint density at radius 2 is 2.00 bits per heavy atom. The van der Waals surface area contributed by atoms with Crippen molar-refractivity contribution in [2.75, 3.05) is 12.4 Å². The number of hydrogen-bond donors (Lipinski definition) is 1. The molecule has 0 aromatic carbocycles. The van der Waals surface area contributed by atoms with Gasteiger partial charge in [-0.1, -0.05) is 20.3 Å². The Bertz CT molecular complexity index is 385. The molecule has 0 spiro atoms. The minimum absolute atomic E-state index is 0.0769. The van der Waals surface area contributed by atoms with Gasteiger partial charge in [-0.15, -0.1) is 0 Å². The van der Waals surface area contributed by atoms with Crippen molar-refractivity contribution in [3.05, 3.63) is 0 Å². The summed E-state index contributed by atoms with van der Waals surface area (Å²) in [5.74, 6) is 0.154. The minimum Gasteiger partial charge on any atom is -0.377 e. The Balaban J connectivity index is 2.08. The molecule has 0 aromatic heterocycles. The molecule has 106 valence electrons. The lowest BCUT2D eigenvalue weighted by Gasteiger charge is -2.41. The Kier molecular flexibility index (Phi) is 4.04. The minimum atomic E-state index is -3.14. The molecule has 1 saturated carbocycles. The quantitative estimate of drug-likeness (QED) is 0.847. The Morgan fingerprint density at radius 1 is 1.28 bits per heavy atom. The first-order valence-electron chi connectivity index (χ1n) is 6.92. The van der Waals surface area contributed by atoms with E-state index in [0.717, 1.165) is 25.7 Å². The summed E-state index contributed by atoms with van der Waals surface area (Å²) in [7, 11) is -3.14. The second-order valence-electron chi connectivity index (χ2n) is 6.41. The van der Waals surface area contributed by atoms with Crippen LogP contribution < -0.4 is 5.73 Å². The fourth-order valence-corrected chi connectivity index (χ4v) is 5.54. The maximum Gasteiger partial charge on any atom is 0.157 e. The van der Waals surface area contributed by atoms with Gasteiger partial charge in [-0.2, -0.15) is 0 Å². The van der Waals surface area contributed by atoms with Crippen molar-refractivity contribution >= 4 is 9.84 Å². The molecule has 2 fully saturated rings. The van der Waals surface area contributed by atoms with E-state index in [0.29, 0.717) is 13.0 Å². The zero-order valence-corrected chi connectivity index (χ0v) is 12.2. The van der Waals surface area contributed by atoms with E-state index in [9.17, 15) is 8.42 Å². The van der Waals surface area contributed by atoms with Crippen molar-refractivity contribution in [2.45, 2.75) is 63.3 Å². The van der Waals surface area contributed by atoms with Crippen LogP contribution in [0.3, 0.4) is 0 Å². The lowest BCUT2D eigenvalue weighted by atomic mass is 9.73. The van der Waals surface area contributed by atoms with E-state index in [1.165, 1.54) is 0 Å². The van der Waals surface area contributed by atoms with E-state index >= 15 is 0 Å². The summed E-state index contributed by atoms with van der Waals surface area (Å²) in [6.45, 7) is 4.85. The van der Waals surface area contributed by atoms with E-state index in [4.69, 9.17) is 10.5 Å². The van der Waals surface area contributed by atoms with Gasteiger partial charge in [0.1, 0.15) is 0 Å². The molecule has 18 heavy (non-hydrogen) atoms. The number of hydrogen-bond acceptors (Lipinski definition) is 4. The monoisotopic (exact) mass is 275 g/mol. The molecule has 4 nitrogen and oxygen atoms in total. The average Bonchev–Trinajstić information content (AvgIpc) is 2.73. The Labute approximate surface area is 110 Å². The molecule has 2 rings (SSSR count). The van der Waals surface area contributed by atoms with Crippen LogP contribution in [-0.2, 0) is 14.6 Å². The molecule has 5 heteroatoms. The molecule has 2 aliphatic rings. The van der Waals surface area contributed by atoms with Gasteiger partial charge in [0.2, 0.25) is 0 Å². The molecule has 0 radical (unpaired) electrons. The van der Waals surface area contributed by atoms with Gasteiger partial charge < -0.3 is 10.5 Å². The highest BCUT2D eigenvalue weighted by Gasteiger charge is 2.43. The molecule has 0 aromatic rings. The summed E-state index contributed by atoms with van der Waals surface area (Å²) in [6, 6.07) is -0.252. The molecule has 0 amide bonds. The summed E-state index contributed by atoms with van der Waals surface area (Å²) >= 11 is 0. The first kappa shape index (κ1) is 14.3. The van der Waals surface area contributed by atoms with E-state index in [2.05, 4.69) is 13.8 Å². The van der Waals surface area contributed by atoms with Gasteiger partial charge in [-0.25, -0.2) is 8.42 Å². The third kappa shape index (κ3) is 2.89. The number of nitrogens with two attached hydrogens (primary N) is 1. The van der Waals surface area contributed by atoms with Crippen molar-refractivity contribution in [3.8, 4) is 0 Å². The molecule has 1 saturated heterocycles.